The Kier molecular flexibility index (Phi) is 6.56. The number of carbonyl (C=O) groups is 1. The van der Waals surface area contributed by atoms with E-state index < -0.39 is 0 Å². The summed E-state index contributed by atoms with van der Waals surface area (Å²) in [4.78, 5) is 14.8. The lowest BCUT2D eigenvalue weighted by atomic mass is 10.0. The van der Waals surface area contributed by atoms with Gasteiger partial charge in [-0.15, -0.1) is 0 Å². The van der Waals surface area contributed by atoms with Crippen LogP contribution >= 0.6 is 0 Å². The number of hydrogen-bond donors (Lipinski definition) is 1. The minimum absolute atomic E-state index is 0.160. The number of aryl methyl sites for hydroxylation is 1. The predicted octanol–water partition coefficient (Wildman–Crippen LogP) is 4.08. The number of nitrogens with one attached hydrogen (secondary N) is 1. The van der Waals surface area contributed by atoms with E-state index in [1.807, 2.05) is 37.1 Å². The zero-order valence-corrected chi connectivity index (χ0v) is 13.5. The van der Waals surface area contributed by atoms with E-state index in [0.717, 1.165) is 42.6 Å². The van der Waals surface area contributed by atoms with Crippen LogP contribution in [0.4, 0.5) is 5.69 Å². The monoisotopic (exact) mass is 276 g/mol. The Morgan fingerprint density at radius 2 is 2.05 bits per heavy atom. The lowest BCUT2D eigenvalue weighted by Gasteiger charge is -2.29. The van der Waals surface area contributed by atoms with Gasteiger partial charge in [0.05, 0.1) is 0 Å². The molecule has 0 aliphatic heterocycles. The molecule has 0 bridgehead atoms. The van der Waals surface area contributed by atoms with Crippen LogP contribution in [0.25, 0.3) is 0 Å². The van der Waals surface area contributed by atoms with Crippen LogP contribution in [0.5, 0.6) is 0 Å². The predicted molar refractivity (Wildman–Crippen MR) is 86.4 cm³/mol. The van der Waals surface area contributed by atoms with Crippen molar-refractivity contribution in [2.75, 3.05) is 18.9 Å². The van der Waals surface area contributed by atoms with Crippen LogP contribution < -0.4 is 5.32 Å². The summed E-state index contributed by atoms with van der Waals surface area (Å²) in [5, 5.41) is 3.11. The molecule has 20 heavy (non-hydrogen) atoms. The van der Waals surface area contributed by atoms with Crippen molar-refractivity contribution in [3.8, 4) is 0 Å². The third-order valence-corrected chi connectivity index (χ3v) is 3.88. The highest BCUT2D eigenvalue weighted by Crippen LogP contribution is 2.19. The first-order chi connectivity index (χ1) is 9.54. The van der Waals surface area contributed by atoms with Crippen molar-refractivity contribution in [1.82, 2.24) is 4.90 Å². The first-order valence-electron chi connectivity index (χ1n) is 7.64. The summed E-state index contributed by atoms with van der Waals surface area (Å²) < 4.78 is 0. The molecule has 1 amide bonds. The van der Waals surface area contributed by atoms with Crippen LogP contribution in [0, 0.1) is 6.92 Å². The van der Waals surface area contributed by atoms with Crippen molar-refractivity contribution >= 4 is 11.6 Å². The minimum Gasteiger partial charge on any atom is -0.388 e. The molecule has 0 fully saturated rings. The molecule has 1 aromatic carbocycles. The maximum absolute atomic E-state index is 12.8. The molecule has 0 spiro atoms. The molecule has 3 nitrogen and oxygen atoms in total. The fraction of sp³-hybridized carbons (Fsp3) is 0.588. The second kappa shape index (κ2) is 7.93. The lowest BCUT2D eigenvalue weighted by molar-refractivity contribution is 0.0684. The van der Waals surface area contributed by atoms with Crippen LogP contribution in [0.3, 0.4) is 0 Å². The molecule has 0 aromatic heterocycles. The number of rotatable bonds is 7. The number of nitrogens with zero attached hydrogens (tertiary/aromatic N) is 1. The highest BCUT2D eigenvalue weighted by atomic mass is 16.2. The van der Waals surface area contributed by atoms with Crippen LogP contribution in [0.2, 0.25) is 0 Å². The Morgan fingerprint density at radius 3 is 2.55 bits per heavy atom. The molecule has 0 saturated heterocycles. The Balaban J connectivity index is 2.99. The number of amides is 1. The average molecular weight is 276 g/mol. The molecule has 1 atom stereocenters. The fourth-order valence-corrected chi connectivity index (χ4v) is 2.28. The molecule has 0 aliphatic carbocycles. The van der Waals surface area contributed by atoms with Crippen molar-refractivity contribution in [3.05, 3.63) is 29.3 Å². The molecule has 112 valence electrons. The first kappa shape index (κ1) is 16.5. The largest absolute Gasteiger partial charge is 0.388 e. The molecular weight excluding hydrogens is 248 g/mol. The van der Waals surface area contributed by atoms with E-state index in [1.165, 1.54) is 0 Å². The Hall–Kier alpha value is -1.51. The highest BCUT2D eigenvalue weighted by Gasteiger charge is 2.21. The summed E-state index contributed by atoms with van der Waals surface area (Å²) in [5.74, 6) is 0.160. The molecule has 1 aromatic rings. The van der Waals surface area contributed by atoms with Crippen molar-refractivity contribution < 1.29 is 4.79 Å². The van der Waals surface area contributed by atoms with E-state index in [-0.39, 0.29) is 11.9 Å². The third-order valence-electron chi connectivity index (χ3n) is 3.88. The number of carbonyl (C=O) groups excluding carboxylic acids is 1. The number of unbranched alkanes of at least 4 members (excludes halogenated alkanes) is 1. The summed E-state index contributed by atoms with van der Waals surface area (Å²) >= 11 is 0. The number of hydrogen-bond acceptors (Lipinski definition) is 2. The van der Waals surface area contributed by atoms with Crippen LogP contribution in [-0.4, -0.2) is 30.4 Å². The van der Waals surface area contributed by atoms with Gasteiger partial charge in [0.25, 0.3) is 5.91 Å². The van der Waals surface area contributed by atoms with Gasteiger partial charge in [-0.2, -0.15) is 0 Å². The molecule has 3 heteroatoms. The van der Waals surface area contributed by atoms with Crippen molar-refractivity contribution in [3.63, 3.8) is 0 Å². The molecule has 1 N–H and O–H groups in total. The van der Waals surface area contributed by atoms with Gasteiger partial charge in [-0.3, -0.25) is 4.79 Å². The molecule has 0 aliphatic rings. The molecule has 1 rings (SSSR count). The maximum atomic E-state index is 12.8. The van der Waals surface area contributed by atoms with E-state index in [1.54, 1.807) is 0 Å². The minimum atomic E-state index is 0.160. The van der Waals surface area contributed by atoms with Gasteiger partial charge in [0.2, 0.25) is 0 Å². The zero-order chi connectivity index (χ0) is 15.1. The topological polar surface area (TPSA) is 32.3 Å². The summed E-state index contributed by atoms with van der Waals surface area (Å²) in [6.45, 7) is 9.27. The van der Waals surface area contributed by atoms with E-state index in [0.29, 0.717) is 0 Å². The number of benzene rings is 1. The van der Waals surface area contributed by atoms with E-state index in [4.69, 9.17) is 0 Å². The first-order valence-corrected chi connectivity index (χ1v) is 7.64. The maximum Gasteiger partial charge on any atom is 0.254 e. The normalized spacial score (nSPS) is 12.1. The number of anilines is 1. The quantitative estimate of drug-likeness (QED) is 0.814. The fourth-order valence-electron chi connectivity index (χ4n) is 2.28. The SMILES string of the molecule is CCCCN(C(=O)c1ccc(NC)cc1C)C(C)CC. The standard InChI is InChI=1S/C17H28N2O/c1-6-8-11-19(14(4)7-2)17(20)16-10-9-15(18-5)12-13(16)3/h9-10,12,14,18H,6-8,11H2,1-5H3. The smallest absolute Gasteiger partial charge is 0.254 e. The Bertz CT molecular complexity index is 443. The second-order valence-electron chi connectivity index (χ2n) is 5.39. The van der Waals surface area contributed by atoms with Gasteiger partial charge >= 0.3 is 0 Å². The van der Waals surface area contributed by atoms with Crippen LogP contribution in [0.1, 0.15) is 56.0 Å². The van der Waals surface area contributed by atoms with Gasteiger partial charge in [0.15, 0.2) is 0 Å². The van der Waals surface area contributed by atoms with Gasteiger partial charge in [-0.05, 0) is 50.5 Å². The lowest BCUT2D eigenvalue weighted by Crippen LogP contribution is -2.39. The van der Waals surface area contributed by atoms with Crippen LogP contribution in [-0.2, 0) is 0 Å². The molecule has 0 saturated carbocycles. The average Bonchev–Trinajstić information content (AvgIpc) is 2.46. The van der Waals surface area contributed by atoms with Crippen LogP contribution in [0.15, 0.2) is 18.2 Å². The Morgan fingerprint density at radius 1 is 1.35 bits per heavy atom. The summed E-state index contributed by atoms with van der Waals surface area (Å²) in [5.41, 5.74) is 2.90. The second-order valence-corrected chi connectivity index (χ2v) is 5.39. The van der Waals surface area contributed by atoms with Gasteiger partial charge < -0.3 is 10.2 Å². The van der Waals surface area contributed by atoms with Crippen molar-refractivity contribution in [2.45, 2.75) is 53.0 Å². The molecular formula is C17H28N2O. The van der Waals surface area contributed by atoms with Gasteiger partial charge in [-0.25, -0.2) is 0 Å². The zero-order valence-electron chi connectivity index (χ0n) is 13.5. The Labute approximate surface area is 123 Å². The van der Waals surface area contributed by atoms with Gasteiger partial charge in [-0.1, -0.05) is 20.3 Å². The van der Waals surface area contributed by atoms with Gasteiger partial charge in [0, 0.05) is 30.9 Å². The summed E-state index contributed by atoms with van der Waals surface area (Å²) in [6, 6.07) is 6.22. The van der Waals surface area contributed by atoms with Crippen molar-refractivity contribution in [1.29, 1.82) is 0 Å². The third kappa shape index (κ3) is 3.99. The van der Waals surface area contributed by atoms with E-state index >= 15 is 0 Å². The highest BCUT2D eigenvalue weighted by molar-refractivity contribution is 5.96. The van der Waals surface area contributed by atoms with Gasteiger partial charge in [0.1, 0.15) is 0 Å². The van der Waals surface area contributed by atoms with E-state index in [2.05, 4.69) is 26.1 Å². The molecule has 0 heterocycles. The van der Waals surface area contributed by atoms with E-state index in [9.17, 15) is 4.79 Å². The van der Waals surface area contributed by atoms with Crippen molar-refractivity contribution in [2.24, 2.45) is 0 Å². The summed E-state index contributed by atoms with van der Waals surface area (Å²) in [7, 11) is 1.89. The summed E-state index contributed by atoms with van der Waals surface area (Å²) in [6.07, 6.45) is 3.16. The molecule has 0 radical (unpaired) electrons. The molecule has 1 unspecified atom stereocenters.